The second-order valence-electron chi connectivity index (χ2n) is 4.56. The van der Waals surface area contributed by atoms with Crippen molar-refractivity contribution in [3.8, 4) is 0 Å². The molecule has 0 aliphatic rings. The smallest absolute Gasteiger partial charge is 0.254 e. The van der Waals surface area contributed by atoms with Crippen molar-refractivity contribution in [2.75, 3.05) is 18.4 Å². The first kappa shape index (κ1) is 16.0. The maximum Gasteiger partial charge on any atom is 0.254 e. The molecule has 2 amide bonds. The van der Waals surface area contributed by atoms with E-state index in [9.17, 15) is 9.59 Å². The van der Waals surface area contributed by atoms with Gasteiger partial charge in [-0.3, -0.25) is 9.59 Å². The maximum absolute atomic E-state index is 12.2. The van der Waals surface area contributed by atoms with Crippen LogP contribution in [-0.2, 0) is 4.79 Å². The van der Waals surface area contributed by atoms with Crippen molar-refractivity contribution in [2.24, 2.45) is 0 Å². The van der Waals surface area contributed by atoms with Gasteiger partial charge in [0.2, 0.25) is 5.91 Å². The van der Waals surface area contributed by atoms with E-state index in [-0.39, 0.29) is 11.8 Å². The van der Waals surface area contributed by atoms with E-state index >= 15 is 0 Å². The van der Waals surface area contributed by atoms with E-state index in [1.165, 1.54) is 0 Å². The number of anilines is 1. The van der Waals surface area contributed by atoms with Crippen molar-refractivity contribution in [2.45, 2.75) is 33.2 Å². The van der Waals surface area contributed by atoms with Gasteiger partial charge in [-0.2, -0.15) is 0 Å². The summed E-state index contributed by atoms with van der Waals surface area (Å²) in [6, 6.07) is 6.74. The lowest BCUT2D eigenvalue weighted by Gasteiger charge is -2.15. The number of hydrogen-bond donors (Lipinski definition) is 3. The van der Waals surface area contributed by atoms with Crippen molar-refractivity contribution in [3.63, 3.8) is 0 Å². The minimum Gasteiger partial charge on any atom is -0.384 e. The molecule has 0 bridgehead atoms. The molecule has 1 aromatic rings. The lowest BCUT2D eigenvalue weighted by atomic mass is 10.1. The molecule has 1 rings (SSSR count). The van der Waals surface area contributed by atoms with Gasteiger partial charge >= 0.3 is 0 Å². The van der Waals surface area contributed by atoms with Crippen LogP contribution in [0.5, 0.6) is 0 Å². The Kier molecular flexibility index (Phi) is 6.56. The SMILES string of the molecule is CCCNc1ccccc1C(=O)NC(C)C(=O)NCC. The maximum atomic E-state index is 12.2. The Morgan fingerprint density at radius 2 is 1.90 bits per heavy atom. The minimum atomic E-state index is -0.554. The molecule has 0 aliphatic heterocycles. The van der Waals surface area contributed by atoms with Crippen molar-refractivity contribution in [1.82, 2.24) is 10.6 Å². The van der Waals surface area contributed by atoms with Gasteiger partial charge in [-0.1, -0.05) is 19.1 Å². The molecule has 0 aromatic heterocycles. The van der Waals surface area contributed by atoms with Crippen LogP contribution < -0.4 is 16.0 Å². The van der Waals surface area contributed by atoms with Crippen LogP contribution in [0.1, 0.15) is 37.6 Å². The van der Waals surface area contributed by atoms with Crippen molar-refractivity contribution in [1.29, 1.82) is 0 Å². The van der Waals surface area contributed by atoms with Gasteiger partial charge in [0.15, 0.2) is 0 Å². The second kappa shape index (κ2) is 8.19. The summed E-state index contributed by atoms with van der Waals surface area (Å²) in [7, 11) is 0. The summed E-state index contributed by atoms with van der Waals surface area (Å²) in [6.45, 7) is 6.93. The Morgan fingerprint density at radius 1 is 1.20 bits per heavy atom. The molecule has 5 heteroatoms. The van der Waals surface area contributed by atoms with E-state index in [2.05, 4.69) is 22.9 Å². The van der Waals surface area contributed by atoms with E-state index in [4.69, 9.17) is 0 Å². The summed E-state index contributed by atoms with van der Waals surface area (Å²) in [5.41, 5.74) is 1.34. The highest BCUT2D eigenvalue weighted by Gasteiger charge is 2.17. The number of nitrogens with one attached hydrogen (secondary N) is 3. The van der Waals surface area contributed by atoms with Gasteiger partial charge < -0.3 is 16.0 Å². The predicted octanol–water partition coefficient (Wildman–Crippen LogP) is 1.76. The number of para-hydroxylation sites is 1. The fraction of sp³-hybridized carbons (Fsp3) is 0.467. The average Bonchev–Trinajstić information content (AvgIpc) is 2.45. The number of rotatable bonds is 7. The van der Waals surface area contributed by atoms with Gasteiger partial charge in [0, 0.05) is 18.8 Å². The monoisotopic (exact) mass is 277 g/mol. The van der Waals surface area contributed by atoms with E-state index in [0.29, 0.717) is 12.1 Å². The Balaban J connectivity index is 2.74. The zero-order chi connectivity index (χ0) is 15.0. The van der Waals surface area contributed by atoms with Gasteiger partial charge in [0.25, 0.3) is 5.91 Å². The lowest BCUT2D eigenvalue weighted by molar-refractivity contribution is -0.122. The predicted molar refractivity (Wildman–Crippen MR) is 80.8 cm³/mol. The molecule has 3 N–H and O–H groups in total. The van der Waals surface area contributed by atoms with Crippen molar-refractivity contribution < 1.29 is 9.59 Å². The molecule has 0 spiro atoms. The summed E-state index contributed by atoms with van der Waals surface area (Å²) >= 11 is 0. The van der Waals surface area contributed by atoms with Gasteiger partial charge in [0.05, 0.1) is 5.56 Å². The van der Waals surface area contributed by atoms with Crippen LogP contribution in [0.4, 0.5) is 5.69 Å². The number of benzene rings is 1. The molecule has 0 heterocycles. The van der Waals surface area contributed by atoms with Crippen molar-refractivity contribution in [3.05, 3.63) is 29.8 Å². The zero-order valence-electron chi connectivity index (χ0n) is 12.3. The zero-order valence-corrected chi connectivity index (χ0v) is 12.3. The third kappa shape index (κ3) is 4.57. The highest BCUT2D eigenvalue weighted by molar-refractivity contribution is 6.01. The van der Waals surface area contributed by atoms with Gasteiger partial charge in [-0.05, 0) is 32.4 Å². The average molecular weight is 277 g/mol. The number of hydrogen-bond acceptors (Lipinski definition) is 3. The molecule has 0 aliphatic carbocycles. The standard InChI is InChI=1S/C15H23N3O2/c1-4-10-17-13-9-7-6-8-12(13)15(20)18-11(3)14(19)16-5-2/h6-9,11,17H,4-5,10H2,1-3H3,(H,16,19)(H,18,20). The van der Waals surface area contributed by atoms with Crippen LogP contribution >= 0.6 is 0 Å². The van der Waals surface area contributed by atoms with E-state index < -0.39 is 6.04 Å². The van der Waals surface area contributed by atoms with Crippen molar-refractivity contribution >= 4 is 17.5 Å². The van der Waals surface area contributed by atoms with Crippen LogP contribution in [0.25, 0.3) is 0 Å². The number of amides is 2. The van der Waals surface area contributed by atoms with Crippen LogP contribution in [0, 0.1) is 0 Å². The molecular weight excluding hydrogens is 254 g/mol. The molecule has 1 unspecified atom stereocenters. The summed E-state index contributed by atoms with van der Waals surface area (Å²) < 4.78 is 0. The summed E-state index contributed by atoms with van der Waals surface area (Å²) in [6.07, 6.45) is 0.977. The Hall–Kier alpha value is -2.04. The summed E-state index contributed by atoms with van der Waals surface area (Å²) in [5.74, 6) is -0.428. The molecule has 1 aromatic carbocycles. The molecule has 0 saturated carbocycles. The first-order chi connectivity index (χ1) is 9.60. The van der Waals surface area contributed by atoms with Gasteiger partial charge in [-0.25, -0.2) is 0 Å². The van der Waals surface area contributed by atoms with E-state index in [1.807, 2.05) is 25.1 Å². The Bertz CT molecular complexity index is 460. The minimum absolute atomic E-state index is 0.181. The molecular formula is C15H23N3O2. The first-order valence-electron chi connectivity index (χ1n) is 7.01. The molecule has 20 heavy (non-hydrogen) atoms. The first-order valence-corrected chi connectivity index (χ1v) is 7.01. The summed E-state index contributed by atoms with van der Waals surface area (Å²) in [4.78, 5) is 23.8. The van der Waals surface area contributed by atoms with Crippen LogP contribution in [0.3, 0.4) is 0 Å². The fourth-order valence-electron chi connectivity index (χ4n) is 1.76. The Labute approximate surface area is 120 Å². The van der Waals surface area contributed by atoms with Crippen LogP contribution in [0.15, 0.2) is 24.3 Å². The number of carbonyl (C=O) groups excluding carboxylic acids is 2. The number of carbonyl (C=O) groups is 2. The largest absolute Gasteiger partial charge is 0.384 e. The highest BCUT2D eigenvalue weighted by atomic mass is 16.2. The molecule has 1 atom stereocenters. The van der Waals surface area contributed by atoms with E-state index in [1.54, 1.807) is 13.0 Å². The molecule has 110 valence electrons. The van der Waals surface area contributed by atoms with Gasteiger partial charge in [-0.15, -0.1) is 0 Å². The van der Waals surface area contributed by atoms with E-state index in [0.717, 1.165) is 18.7 Å². The fourth-order valence-corrected chi connectivity index (χ4v) is 1.76. The number of likely N-dealkylation sites (N-methyl/N-ethyl adjacent to an activating group) is 1. The topological polar surface area (TPSA) is 70.2 Å². The van der Waals surface area contributed by atoms with Crippen LogP contribution in [0.2, 0.25) is 0 Å². The second-order valence-corrected chi connectivity index (χ2v) is 4.56. The summed E-state index contributed by atoms with van der Waals surface area (Å²) in [5, 5.41) is 8.60. The molecule has 5 nitrogen and oxygen atoms in total. The van der Waals surface area contributed by atoms with Crippen LogP contribution in [-0.4, -0.2) is 30.9 Å². The third-order valence-corrected chi connectivity index (χ3v) is 2.83. The molecule has 0 saturated heterocycles. The van der Waals surface area contributed by atoms with Gasteiger partial charge in [0.1, 0.15) is 6.04 Å². The Morgan fingerprint density at radius 3 is 2.55 bits per heavy atom. The molecule has 0 fully saturated rings. The molecule has 0 radical (unpaired) electrons. The quantitative estimate of drug-likeness (QED) is 0.711. The third-order valence-electron chi connectivity index (χ3n) is 2.83. The normalized spacial score (nSPS) is 11.6. The highest BCUT2D eigenvalue weighted by Crippen LogP contribution is 2.15. The lowest BCUT2D eigenvalue weighted by Crippen LogP contribution is -2.44.